The lowest BCUT2D eigenvalue weighted by molar-refractivity contribution is -0.137. The number of nitrogens with zero attached hydrogens (tertiary/aromatic N) is 1. The van der Waals surface area contributed by atoms with Crippen molar-refractivity contribution in [1.82, 2.24) is 4.98 Å². The average Bonchev–Trinajstić information content (AvgIpc) is 3.21. The van der Waals surface area contributed by atoms with Crippen molar-refractivity contribution >= 4 is 0 Å². The van der Waals surface area contributed by atoms with Crippen LogP contribution in [0.5, 0.6) is 0 Å². The van der Waals surface area contributed by atoms with Crippen molar-refractivity contribution in [2.45, 2.75) is 82.0 Å². The molecule has 1 aliphatic carbocycles. The van der Waals surface area contributed by atoms with Crippen molar-refractivity contribution in [3.8, 4) is 0 Å². The zero-order chi connectivity index (χ0) is 26.9. The van der Waals surface area contributed by atoms with Gasteiger partial charge in [0, 0.05) is 56.3 Å². The minimum Gasteiger partial charge on any atom is -0.388 e. The van der Waals surface area contributed by atoms with E-state index in [2.05, 4.69) is 0 Å². The van der Waals surface area contributed by atoms with Gasteiger partial charge in [0.15, 0.2) is 0 Å². The van der Waals surface area contributed by atoms with Crippen LogP contribution in [0.1, 0.15) is 109 Å². The summed E-state index contributed by atoms with van der Waals surface area (Å²) in [6, 6.07) is 5.15. The number of pyridine rings is 1. The Morgan fingerprint density at radius 3 is 2.16 bits per heavy atom. The van der Waals surface area contributed by atoms with E-state index in [4.69, 9.17) is 19.2 Å². The van der Waals surface area contributed by atoms with Crippen LogP contribution in [-0.2, 0) is 26.0 Å². The third-order valence-electron chi connectivity index (χ3n) is 8.89. The maximum Gasteiger partial charge on any atom is 0.416 e. The topological polar surface area (TPSA) is 81.0 Å². The molecule has 6 nitrogen and oxygen atoms in total. The first-order chi connectivity index (χ1) is 18.0. The molecule has 1 spiro atoms. The van der Waals surface area contributed by atoms with Gasteiger partial charge in [0.1, 0.15) is 12.2 Å². The zero-order valence-corrected chi connectivity index (χ0v) is 21.7. The van der Waals surface area contributed by atoms with Crippen LogP contribution >= 0.6 is 0 Å². The molecule has 1 aromatic carbocycles. The monoisotopic (exact) mass is 533 g/mol. The fourth-order valence-corrected chi connectivity index (χ4v) is 6.81. The molecular formula is C29H34F3NO5. The molecule has 206 valence electrons. The number of halogens is 3. The second-order valence-electron chi connectivity index (χ2n) is 11.8. The fraction of sp³-hybridized carbons (Fsp3) is 0.621. The molecule has 2 saturated heterocycles. The number of hydrogen-bond donors (Lipinski definition) is 2. The summed E-state index contributed by atoms with van der Waals surface area (Å²) in [5, 5.41) is 23.0. The van der Waals surface area contributed by atoms with Crippen molar-refractivity contribution < 1.29 is 37.6 Å². The number of fused-ring (bicyclic) bond motifs is 4. The number of aliphatic hydroxyl groups excluding tert-OH is 2. The van der Waals surface area contributed by atoms with Gasteiger partial charge in [-0.25, -0.2) is 0 Å². The summed E-state index contributed by atoms with van der Waals surface area (Å²) in [7, 11) is 0. The minimum absolute atomic E-state index is 0.0488. The number of rotatable bonds is 2. The number of hydrogen-bond acceptors (Lipinski definition) is 6. The van der Waals surface area contributed by atoms with Crippen molar-refractivity contribution in [2.24, 2.45) is 5.41 Å². The minimum atomic E-state index is -4.43. The van der Waals surface area contributed by atoms with Gasteiger partial charge in [0.2, 0.25) is 0 Å². The highest BCUT2D eigenvalue weighted by atomic mass is 19.4. The highest BCUT2D eigenvalue weighted by Crippen LogP contribution is 2.59. The molecule has 2 N–H and O–H groups in total. The second-order valence-corrected chi connectivity index (χ2v) is 11.8. The lowest BCUT2D eigenvalue weighted by atomic mass is 9.68. The summed E-state index contributed by atoms with van der Waals surface area (Å²) in [6.45, 7) is 5.95. The summed E-state index contributed by atoms with van der Waals surface area (Å²) in [6.07, 6.45) is -3.83. The Labute approximate surface area is 220 Å². The first kappa shape index (κ1) is 26.2. The van der Waals surface area contributed by atoms with Crippen LogP contribution in [-0.4, -0.2) is 41.6 Å². The van der Waals surface area contributed by atoms with Gasteiger partial charge in [0.05, 0.1) is 28.7 Å². The van der Waals surface area contributed by atoms with Gasteiger partial charge >= 0.3 is 6.18 Å². The molecule has 9 heteroatoms. The summed E-state index contributed by atoms with van der Waals surface area (Å²) < 4.78 is 58.2. The van der Waals surface area contributed by atoms with E-state index in [1.807, 2.05) is 13.8 Å². The molecule has 4 aliphatic rings. The fourth-order valence-electron chi connectivity index (χ4n) is 6.81. The molecule has 2 aromatic rings. The van der Waals surface area contributed by atoms with E-state index in [-0.39, 0.29) is 5.92 Å². The first-order valence-corrected chi connectivity index (χ1v) is 13.5. The van der Waals surface area contributed by atoms with Gasteiger partial charge in [-0.1, -0.05) is 26.0 Å². The Balaban J connectivity index is 1.60. The molecule has 0 bridgehead atoms. The van der Waals surface area contributed by atoms with E-state index in [1.165, 1.54) is 12.1 Å². The standard InChI is InChI=1S/C29H34F3NO5/c1-27(2)15-19(34)20-22-21(23(33-24(20)26(27)35)16-7-11-36-12-8-16)25(38-28(22)9-13-37-14-10-28)17-3-5-18(6-4-17)29(30,31)32/h3-6,16,19,25-26,34-35H,7-15H2,1-2H3/t19?,25?,26-/m0/s1. The molecule has 38 heavy (non-hydrogen) atoms. The lowest BCUT2D eigenvalue weighted by Gasteiger charge is -2.42. The predicted molar refractivity (Wildman–Crippen MR) is 131 cm³/mol. The van der Waals surface area contributed by atoms with Crippen LogP contribution in [0.2, 0.25) is 0 Å². The number of alkyl halides is 3. The average molecular weight is 534 g/mol. The predicted octanol–water partition coefficient (Wildman–Crippen LogP) is 5.62. The molecule has 1 aromatic heterocycles. The summed E-state index contributed by atoms with van der Waals surface area (Å²) in [5.41, 5.74) is 2.17. The maximum atomic E-state index is 13.3. The van der Waals surface area contributed by atoms with E-state index in [0.717, 1.165) is 41.8 Å². The van der Waals surface area contributed by atoms with Crippen LogP contribution in [0.15, 0.2) is 24.3 Å². The molecule has 2 unspecified atom stereocenters. The molecule has 6 rings (SSSR count). The summed E-state index contributed by atoms with van der Waals surface area (Å²) >= 11 is 0. The van der Waals surface area contributed by atoms with Gasteiger partial charge in [-0.3, -0.25) is 4.98 Å². The molecule has 4 heterocycles. The van der Waals surface area contributed by atoms with E-state index >= 15 is 0 Å². The Morgan fingerprint density at radius 1 is 0.895 bits per heavy atom. The number of ether oxygens (including phenoxy) is 3. The zero-order valence-electron chi connectivity index (χ0n) is 21.7. The van der Waals surface area contributed by atoms with Crippen LogP contribution in [0.3, 0.4) is 0 Å². The van der Waals surface area contributed by atoms with Crippen LogP contribution in [0, 0.1) is 5.41 Å². The molecule has 2 fully saturated rings. The lowest BCUT2D eigenvalue weighted by Crippen LogP contribution is -2.38. The molecular weight excluding hydrogens is 499 g/mol. The Kier molecular flexibility index (Phi) is 6.39. The van der Waals surface area contributed by atoms with Crippen molar-refractivity contribution in [1.29, 1.82) is 0 Å². The van der Waals surface area contributed by atoms with Gasteiger partial charge in [-0.05, 0) is 47.9 Å². The third kappa shape index (κ3) is 4.18. The van der Waals surface area contributed by atoms with E-state index in [1.54, 1.807) is 0 Å². The maximum absolute atomic E-state index is 13.3. The molecule has 3 atom stereocenters. The van der Waals surface area contributed by atoms with Gasteiger partial charge in [0.25, 0.3) is 0 Å². The number of benzene rings is 1. The Bertz CT molecular complexity index is 1200. The normalized spacial score (nSPS) is 28.8. The van der Waals surface area contributed by atoms with Crippen molar-refractivity contribution in [2.75, 3.05) is 26.4 Å². The highest BCUT2D eigenvalue weighted by Gasteiger charge is 2.54. The van der Waals surface area contributed by atoms with Crippen LogP contribution in [0.25, 0.3) is 0 Å². The highest BCUT2D eigenvalue weighted by molar-refractivity contribution is 5.55. The third-order valence-corrected chi connectivity index (χ3v) is 8.89. The summed E-state index contributed by atoms with van der Waals surface area (Å²) in [4.78, 5) is 5.09. The largest absolute Gasteiger partial charge is 0.416 e. The van der Waals surface area contributed by atoms with E-state index < -0.39 is 41.1 Å². The quantitative estimate of drug-likeness (QED) is 0.522. The number of aliphatic hydroxyl groups is 2. The van der Waals surface area contributed by atoms with E-state index in [9.17, 15) is 23.4 Å². The first-order valence-electron chi connectivity index (χ1n) is 13.5. The SMILES string of the molecule is CC1(C)CC(O)c2c(nc(C3CCOCC3)c3c2C2(CCOCC2)OC3c2ccc(C(F)(F)F)cc2)[C@@H]1O. The van der Waals surface area contributed by atoms with Gasteiger partial charge < -0.3 is 24.4 Å². The molecule has 3 aliphatic heterocycles. The molecule has 0 radical (unpaired) electrons. The Morgan fingerprint density at radius 2 is 1.53 bits per heavy atom. The van der Waals surface area contributed by atoms with E-state index in [0.29, 0.717) is 62.5 Å². The second kappa shape index (κ2) is 9.27. The van der Waals surface area contributed by atoms with Crippen molar-refractivity contribution in [3.63, 3.8) is 0 Å². The van der Waals surface area contributed by atoms with Gasteiger partial charge in [-0.15, -0.1) is 0 Å². The number of aromatic nitrogens is 1. The van der Waals surface area contributed by atoms with Crippen LogP contribution < -0.4 is 0 Å². The Hall–Kier alpha value is -2.04. The van der Waals surface area contributed by atoms with Gasteiger partial charge in [-0.2, -0.15) is 13.2 Å². The van der Waals surface area contributed by atoms with Crippen molar-refractivity contribution in [3.05, 3.63) is 63.5 Å². The molecule has 0 saturated carbocycles. The van der Waals surface area contributed by atoms with Crippen LogP contribution in [0.4, 0.5) is 13.2 Å². The molecule has 0 amide bonds. The summed E-state index contributed by atoms with van der Waals surface area (Å²) in [5.74, 6) is 0.0488. The smallest absolute Gasteiger partial charge is 0.388 e.